The number of likely N-dealkylation sites (tertiary alicyclic amines) is 1. The summed E-state index contributed by atoms with van der Waals surface area (Å²) < 4.78 is 11.4. The molecule has 2 heterocycles. The van der Waals surface area contributed by atoms with Crippen LogP contribution in [-0.2, 0) is 10.3 Å². The summed E-state index contributed by atoms with van der Waals surface area (Å²) in [7, 11) is 0. The van der Waals surface area contributed by atoms with Gasteiger partial charge < -0.3 is 20.5 Å². The lowest BCUT2D eigenvalue weighted by atomic mass is 9.79. The number of hydrogen-bond donors (Lipinski definition) is 2. The minimum Gasteiger partial charge on any atom is -0.486 e. The Bertz CT molecular complexity index is 728. The molecule has 2 aliphatic heterocycles. The second-order valence-corrected chi connectivity index (χ2v) is 9.29. The molecule has 1 aromatic carbocycles. The first-order valence-electron chi connectivity index (χ1n) is 10.6. The van der Waals surface area contributed by atoms with Gasteiger partial charge in [-0.25, -0.2) is 0 Å². The Labute approximate surface area is 167 Å². The summed E-state index contributed by atoms with van der Waals surface area (Å²) in [6, 6.07) is 6.32. The number of rotatable bonds is 4. The van der Waals surface area contributed by atoms with Crippen molar-refractivity contribution in [2.45, 2.75) is 57.5 Å². The molecule has 0 spiro atoms. The quantitative estimate of drug-likeness (QED) is 0.830. The Balaban J connectivity index is 1.47. The van der Waals surface area contributed by atoms with E-state index < -0.39 is 0 Å². The third-order valence-corrected chi connectivity index (χ3v) is 6.69. The molecule has 1 saturated heterocycles. The van der Waals surface area contributed by atoms with E-state index in [-0.39, 0.29) is 22.9 Å². The molecule has 1 amide bonds. The van der Waals surface area contributed by atoms with Crippen LogP contribution in [0.1, 0.15) is 51.5 Å². The van der Waals surface area contributed by atoms with Gasteiger partial charge in [-0.05, 0) is 42.4 Å². The van der Waals surface area contributed by atoms with Gasteiger partial charge in [0, 0.05) is 19.1 Å². The van der Waals surface area contributed by atoms with Gasteiger partial charge in [0.05, 0.1) is 12.1 Å². The van der Waals surface area contributed by atoms with Crippen LogP contribution in [-0.4, -0.2) is 49.7 Å². The van der Waals surface area contributed by atoms with E-state index in [1.807, 2.05) is 6.07 Å². The molecule has 2 fully saturated rings. The summed E-state index contributed by atoms with van der Waals surface area (Å²) in [5.74, 6) is 1.68. The number of ether oxygens (including phenoxy) is 2. The third kappa shape index (κ3) is 3.85. The van der Waals surface area contributed by atoms with Crippen LogP contribution >= 0.6 is 0 Å². The van der Waals surface area contributed by atoms with E-state index in [2.05, 4.69) is 36.2 Å². The summed E-state index contributed by atoms with van der Waals surface area (Å²) in [5.41, 5.74) is 7.11. The average Bonchev–Trinajstić information content (AvgIpc) is 3.13. The Morgan fingerprint density at radius 2 is 1.93 bits per heavy atom. The molecule has 1 atom stereocenters. The van der Waals surface area contributed by atoms with E-state index in [1.165, 1.54) is 0 Å². The summed E-state index contributed by atoms with van der Waals surface area (Å²) in [4.78, 5) is 15.2. The number of nitrogens with zero attached hydrogens (tertiary/aromatic N) is 1. The van der Waals surface area contributed by atoms with Crippen LogP contribution in [0.4, 0.5) is 0 Å². The van der Waals surface area contributed by atoms with Gasteiger partial charge >= 0.3 is 0 Å². The smallest absolute Gasteiger partial charge is 0.234 e. The molecule has 3 aliphatic rings. The maximum atomic E-state index is 13.0. The van der Waals surface area contributed by atoms with Gasteiger partial charge in [-0.1, -0.05) is 32.8 Å². The standard InChI is InChI=1S/C22H33N3O3/c1-21(2)15-25(10-7-19(21)23)14-20(26)24-22(8-3-4-9-22)16-5-6-17-18(13-16)28-12-11-27-17/h5-6,13,19H,3-4,7-12,14-15,23H2,1-2H3,(H,24,26). The number of amides is 1. The van der Waals surface area contributed by atoms with Crippen molar-refractivity contribution in [2.24, 2.45) is 11.1 Å². The minimum atomic E-state index is -0.297. The number of nitrogens with two attached hydrogens (primary N) is 1. The van der Waals surface area contributed by atoms with Gasteiger partial charge in [0.1, 0.15) is 13.2 Å². The van der Waals surface area contributed by atoms with E-state index in [9.17, 15) is 4.79 Å². The molecular formula is C22H33N3O3. The van der Waals surface area contributed by atoms with Crippen molar-refractivity contribution in [3.05, 3.63) is 23.8 Å². The fraction of sp³-hybridized carbons (Fsp3) is 0.682. The first kappa shape index (κ1) is 19.5. The highest BCUT2D eigenvalue weighted by Crippen LogP contribution is 2.42. The molecular weight excluding hydrogens is 354 g/mol. The summed E-state index contributed by atoms with van der Waals surface area (Å²) in [5, 5.41) is 3.39. The molecule has 3 N–H and O–H groups in total. The fourth-order valence-corrected chi connectivity index (χ4v) is 4.93. The second-order valence-electron chi connectivity index (χ2n) is 9.29. The van der Waals surface area contributed by atoms with Gasteiger partial charge in [-0.3, -0.25) is 9.69 Å². The van der Waals surface area contributed by atoms with Crippen molar-refractivity contribution in [1.29, 1.82) is 0 Å². The zero-order valence-electron chi connectivity index (χ0n) is 17.1. The molecule has 0 bridgehead atoms. The number of carbonyl (C=O) groups excluding carboxylic acids is 1. The monoisotopic (exact) mass is 387 g/mol. The molecule has 28 heavy (non-hydrogen) atoms. The SMILES string of the molecule is CC1(C)CN(CC(=O)NC2(c3ccc4c(c3)OCCO4)CCCC2)CCC1N. The Kier molecular flexibility index (Phi) is 5.27. The first-order chi connectivity index (χ1) is 13.4. The van der Waals surface area contributed by atoms with Crippen molar-refractivity contribution in [3.8, 4) is 11.5 Å². The van der Waals surface area contributed by atoms with Crippen LogP contribution in [0.3, 0.4) is 0 Å². The van der Waals surface area contributed by atoms with E-state index in [4.69, 9.17) is 15.2 Å². The molecule has 1 aliphatic carbocycles. The summed E-state index contributed by atoms with van der Waals surface area (Å²) >= 11 is 0. The first-order valence-corrected chi connectivity index (χ1v) is 10.6. The summed E-state index contributed by atoms with van der Waals surface area (Å²) in [6.45, 7) is 7.72. The molecule has 154 valence electrons. The Morgan fingerprint density at radius 1 is 1.21 bits per heavy atom. The normalized spacial score (nSPS) is 26.0. The maximum absolute atomic E-state index is 13.0. The summed E-state index contributed by atoms with van der Waals surface area (Å²) in [6.07, 6.45) is 5.12. The van der Waals surface area contributed by atoms with Crippen LogP contribution in [0, 0.1) is 5.41 Å². The van der Waals surface area contributed by atoms with E-state index in [0.29, 0.717) is 19.8 Å². The predicted octanol–water partition coefficient (Wildman–Crippen LogP) is 2.40. The van der Waals surface area contributed by atoms with Crippen LogP contribution in [0.15, 0.2) is 18.2 Å². The number of piperidine rings is 1. The molecule has 1 aromatic rings. The lowest BCUT2D eigenvalue weighted by molar-refractivity contribution is -0.125. The van der Waals surface area contributed by atoms with Crippen molar-refractivity contribution >= 4 is 5.91 Å². The van der Waals surface area contributed by atoms with E-state index in [1.54, 1.807) is 0 Å². The number of nitrogens with one attached hydrogen (secondary N) is 1. The van der Waals surface area contributed by atoms with Gasteiger partial charge in [-0.2, -0.15) is 0 Å². The van der Waals surface area contributed by atoms with Crippen LogP contribution in [0.5, 0.6) is 11.5 Å². The van der Waals surface area contributed by atoms with Crippen molar-refractivity contribution < 1.29 is 14.3 Å². The molecule has 1 saturated carbocycles. The van der Waals surface area contributed by atoms with Crippen molar-refractivity contribution in [3.63, 3.8) is 0 Å². The lowest BCUT2D eigenvalue weighted by Crippen LogP contribution is -2.55. The van der Waals surface area contributed by atoms with Crippen LogP contribution in [0.25, 0.3) is 0 Å². The Hall–Kier alpha value is -1.79. The van der Waals surface area contributed by atoms with Crippen molar-refractivity contribution in [2.75, 3.05) is 32.8 Å². The highest BCUT2D eigenvalue weighted by atomic mass is 16.6. The predicted molar refractivity (Wildman–Crippen MR) is 109 cm³/mol. The topological polar surface area (TPSA) is 76.8 Å². The van der Waals surface area contributed by atoms with Crippen LogP contribution < -0.4 is 20.5 Å². The number of hydrogen-bond acceptors (Lipinski definition) is 5. The molecule has 4 rings (SSSR count). The molecule has 6 nitrogen and oxygen atoms in total. The number of fused-ring (bicyclic) bond motifs is 1. The Morgan fingerprint density at radius 3 is 2.64 bits per heavy atom. The molecule has 6 heteroatoms. The van der Waals surface area contributed by atoms with Gasteiger partial charge in [0.15, 0.2) is 11.5 Å². The molecule has 0 aromatic heterocycles. The zero-order chi connectivity index (χ0) is 19.8. The third-order valence-electron chi connectivity index (χ3n) is 6.69. The minimum absolute atomic E-state index is 0.0411. The van der Waals surface area contributed by atoms with Crippen LogP contribution in [0.2, 0.25) is 0 Å². The lowest BCUT2D eigenvalue weighted by Gasteiger charge is -2.42. The number of benzene rings is 1. The van der Waals surface area contributed by atoms with Crippen molar-refractivity contribution in [1.82, 2.24) is 10.2 Å². The van der Waals surface area contributed by atoms with Gasteiger partial charge in [0.25, 0.3) is 0 Å². The zero-order valence-corrected chi connectivity index (χ0v) is 17.1. The fourth-order valence-electron chi connectivity index (χ4n) is 4.93. The van der Waals surface area contributed by atoms with Gasteiger partial charge in [-0.15, -0.1) is 0 Å². The second kappa shape index (κ2) is 7.56. The molecule has 0 radical (unpaired) electrons. The maximum Gasteiger partial charge on any atom is 0.234 e. The van der Waals surface area contributed by atoms with E-state index in [0.717, 1.165) is 62.3 Å². The largest absolute Gasteiger partial charge is 0.486 e. The average molecular weight is 388 g/mol. The highest BCUT2D eigenvalue weighted by Gasteiger charge is 2.39. The number of carbonyl (C=O) groups is 1. The van der Waals surface area contributed by atoms with Gasteiger partial charge in [0.2, 0.25) is 5.91 Å². The highest BCUT2D eigenvalue weighted by molar-refractivity contribution is 5.79. The molecule has 1 unspecified atom stereocenters. The van der Waals surface area contributed by atoms with E-state index >= 15 is 0 Å².